The first-order valence-electron chi connectivity index (χ1n) is 4.48. The summed E-state index contributed by atoms with van der Waals surface area (Å²) in [6, 6.07) is 0.656. The number of fused-ring (bicyclic) bond motifs is 1. The zero-order chi connectivity index (χ0) is 7.90. The molecule has 64 valence electrons. The third-order valence-corrected chi connectivity index (χ3v) is 2.86. The van der Waals surface area contributed by atoms with Crippen LogP contribution in [0.15, 0.2) is 0 Å². The Bertz CT molecular complexity index is 156. The normalized spacial score (nSPS) is 42.0. The summed E-state index contributed by atoms with van der Waals surface area (Å²) < 4.78 is 5.42. The van der Waals surface area contributed by atoms with E-state index in [1.807, 2.05) is 0 Å². The highest BCUT2D eigenvalue weighted by Gasteiger charge is 2.37. The van der Waals surface area contributed by atoms with E-state index in [1.165, 1.54) is 6.42 Å². The van der Waals surface area contributed by atoms with Crippen molar-refractivity contribution < 1.29 is 4.74 Å². The summed E-state index contributed by atoms with van der Waals surface area (Å²) in [5.74, 6) is 0.777. The van der Waals surface area contributed by atoms with Gasteiger partial charge in [0.15, 0.2) is 0 Å². The van der Waals surface area contributed by atoms with Crippen molar-refractivity contribution in [3.05, 3.63) is 0 Å². The molecule has 0 spiro atoms. The first kappa shape index (κ1) is 7.56. The van der Waals surface area contributed by atoms with Crippen LogP contribution in [0.2, 0.25) is 0 Å². The van der Waals surface area contributed by atoms with Gasteiger partial charge in [0.2, 0.25) is 0 Å². The molecule has 0 saturated carbocycles. The summed E-state index contributed by atoms with van der Waals surface area (Å²) in [5, 5.41) is 3.55. The van der Waals surface area contributed by atoms with Crippen LogP contribution in [0.25, 0.3) is 0 Å². The fourth-order valence-corrected chi connectivity index (χ4v) is 2.21. The van der Waals surface area contributed by atoms with Crippen molar-refractivity contribution in [1.29, 1.82) is 0 Å². The van der Waals surface area contributed by atoms with Gasteiger partial charge < -0.3 is 10.1 Å². The van der Waals surface area contributed by atoms with Crippen molar-refractivity contribution >= 4 is 0 Å². The molecule has 0 bridgehead atoms. The van der Waals surface area contributed by atoms with Gasteiger partial charge in [0.1, 0.15) is 0 Å². The van der Waals surface area contributed by atoms with Crippen LogP contribution >= 0.6 is 0 Å². The SMILES string of the molecule is CC1(C)CN[C@H]2COC[C@@H]2C1. The molecule has 2 atom stereocenters. The molecule has 2 heteroatoms. The van der Waals surface area contributed by atoms with Gasteiger partial charge in [-0.2, -0.15) is 0 Å². The summed E-state index contributed by atoms with van der Waals surface area (Å²) in [7, 11) is 0. The lowest BCUT2D eigenvalue weighted by Gasteiger charge is -2.37. The number of hydrogen-bond acceptors (Lipinski definition) is 2. The molecule has 1 N–H and O–H groups in total. The molecule has 2 nitrogen and oxygen atoms in total. The molecular formula is C9H17NO. The molecule has 2 aliphatic rings. The van der Waals surface area contributed by atoms with Gasteiger partial charge >= 0.3 is 0 Å². The highest BCUT2D eigenvalue weighted by Crippen LogP contribution is 2.33. The highest BCUT2D eigenvalue weighted by molar-refractivity contribution is 4.92. The Morgan fingerprint density at radius 3 is 3.00 bits per heavy atom. The van der Waals surface area contributed by atoms with Gasteiger partial charge in [-0.1, -0.05) is 13.8 Å². The standard InChI is InChI=1S/C9H17NO/c1-9(2)3-7-4-11-5-8(7)10-6-9/h7-8,10H,3-6H2,1-2H3/t7-,8-/m0/s1. The molecule has 2 rings (SSSR count). The van der Waals surface area contributed by atoms with E-state index in [9.17, 15) is 0 Å². The van der Waals surface area contributed by atoms with Crippen LogP contribution in [-0.4, -0.2) is 25.8 Å². The highest BCUT2D eigenvalue weighted by atomic mass is 16.5. The third kappa shape index (κ3) is 1.42. The van der Waals surface area contributed by atoms with Gasteiger partial charge in [-0.05, 0) is 11.8 Å². The fourth-order valence-electron chi connectivity index (χ4n) is 2.21. The smallest absolute Gasteiger partial charge is 0.0623 e. The molecule has 0 amide bonds. The van der Waals surface area contributed by atoms with Crippen molar-refractivity contribution in [2.24, 2.45) is 11.3 Å². The average molecular weight is 155 g/mol. The van der Waals surface area contributed by atoms with Crippen molar-refractivity contribution in [1.82, 2.24) is 5.32 Å². The maximum absolute atomic E-state index is 5.42. The van der Waals surface area contributed by atoms with Crippen LogP contribution in [-0.2, 0) is 4.74 Å². The fraction of sp³-hybridized carbons (Fsp3) is 1.00. The molecule has 0 unspecified atom stereocenters. The van der Waals surface area contributed by atoms with E-state index in [0.717, 1.165) is 25.7 Å². The summed E-state index contributed by atoms with van der Waals surface area (Å²) in [4.78, 5) is 0. The van der Waals surface area contributed by atoms with E-state index in [4.69, 9.17) is 4.74 Å². The Morgan fingerprint density at radius 1 is 1.36 bits per heavy atom. The lowest BCUT2D eigenvalue weighted by atomic mass is 9.77. The minimum absolute atomic E-state index is 0.481. The lowest BCUT2D eigenvalue weighted by Crippen LogP contribution is -2.48. The van der Waals surface area contributed by atoms with Gasteiger partial charge in [-0.25, -0.2) is 0 Å². The van der Waals surface area contributed by atoms with Crippen LogP contribution in [0.3, 0.4) is 0 Å². The molecule has 2 aliphatic heterocycles. The van der Waals surface area contributed by atoms with Crippen LogP contribution in [0.5, 0.6) is 0 Å². The second-order valence-electron chi connectivity index (χ2n) is 4.65. The average Bonchev–Trinajstić information content (AvgIpc) is 2.31. The molecule has 0 aliphatic carbocycles. The second-order valence-corrected chi connectivity index (χ2v) is 4.65. The monoisotopic (exact) mass is 155 g/mol. The predicted octanol–water partition coefficient (Wildman–Crippen LogP) is 1.02. The molecule has 0 aromatic rings. The van der Waals surface area contributed by atoms with Gasteiger partial charge in [0, 0.05) is 18.5 Å². The minimum atomic E-state index is 0.481. The van der Waals surface area contributed by atoms with E-state index >= 15 is 0 Å². The minimum Gasteiger partial charge on any atom is -0.379 e. The van der Waals surface area contributed by atoms with E-state index in [-0.39, 0.29) is 0 Å². The Hall–Kier alpha value is -0.0800. The van der Waals surface area contributed by atoms with Gasteiger partial charge in [0.05, 0.1) is 13.2 Å². The molecule has 2 saturated heterocycles. The van der Waals surface area contributed by atoms with Crippen LogP contribution < -0.4 is 5.32 Å². The quantitative estimate of drug-likeness (QED) is 0.564. The summed E-state index contributed by atoms with van der Waals surface area (Å²) in [6.45, 7) is 7.71. The zero-order valence-corrected chi connectivity index (χ0v) is 7.39. The second kappa shape index (κ2) is 2.46. The summed E-state index contributed by atoms with van der Waals surface area (Å²) in [6.07, 6.45) is 1.32. The third-order valence-electron chi connectivity index (χ3n) is 2.86. The summed E-state index contributed by atoms with van der Waals surface area (Å²) >= 11 is 0. The Morgan fingerprint density at radius 2 is 2.18 bits per heavy atom. The Kier molecular flexibility index (Phi) is 1.69. The number of ether oxygens (including phenoxy) is 1. The van der Waals surface area contributed by atoms with Crippen molar-refractivity contribution in [2.75, 3.05) is 19.8 Å². The molecular weight excluding hydrogens is 138 g/mol. The number of piperidine rings is 1. The van der Waals surface area contributed by atoms with E-state index in [1.54, 1.807) is 0 Å². The van der Waals surface area contributed by atoms with Crippen molar-refractivity contribution in [2.45, 2.75) is 26.3 Å². The molecule has 11 heavy (non-hydrogen) atoms. The summed E-state index contributed by atoms with van der Waals surface area (Å²) in [5.41, 5.74) is 0.481. The van der Waals surface area contributed by atoms with Crippen LogP contribution in [0, 0.1) is 11.3 Å². The van der Waals surface area contributed by atoms with E-state index in [2.05, 4.69) is 19.2 Å². The lowest BCUT2D eigenvalue weighted by molar-refractivity contribution is 0.166. The topological polar surface area (TPSA) is 21.3 Å². The Balaban J connectivity index is 2.02. The molecule has 2 fully saturated rings. The van der Waals surface area contributed by atoms with Gasteiger partial charge in [0.25, 0.3) is 0 Å². The molecule has 0 radical (unpaired) electrons. The van der Waals surface area contributed by atoms with Gasteiger partial charge in [-0.3, -0.25) is 0 Å². The maximum atomic E-state index is 5.42. The largest absolute Gasteiger partial charge is 0.379 e. The molecule has 0 aromatic heterocycles. The van der Waals surface area contributed by atoms with Crippen LogP contribution in [0.1, 0.15) is 20.3 Å². The first-order valence-corrected chi connectivity index (χ1v) is 4.48. The number of hydrogen-bond donors (Lipinski definition) is 1. The van der Waals surface area contributed by atoms with Crippen molar-refractivity contribution in [3.63, 3.8) is 0 Å². The van der Waals surface area contributed by atoms with Gasteiger partial charge in [-0.15, -0.1) is 0 Å². The number of rotatable bonds is 0. The van der Waals surface area contributed by atoms with Crippen LogP contribution in [0.4, 0.5) is 0 Å². The molecule has 0 aromatic carbocycles. The van der Waals surface area contributed by atoms with E-state index < -0.39 is 0 Å². The first-order chi connectivity index (χ1) is 5.17. The molecule has 2 heterocycles. The Labute approximate surface area is 68.3 Å². The predicted molar refractivity (Wildman–Crippen MR) is 44.5 cm³/mol. The van der Waals surface area contributed by atoms with E-state index in [0.29, 0.717) is 11.5 Å². The maximum Gasteiger partial charge on any atom is 0.0623 e. The number of nitrogens with one attached hydrogen (secondary N) is 1. The zero-order valence-electron chi connectivity index (χ0n) is 7.39. The van der Waals surface area contributed by atoms with Crippen molar-refractivity contribution in [3.8, 4) is 0 Å².